The van der Waals surface area contributed by atoms with Crippen LogP contribution in [0.4, 0.5) is 0 Å². The van der Waals surface area contributed by atoms with Gasteiger partial charge in [0.1, 0.15) is 28.6 Å². The van der Waals surface area contributed by atoms with Crippen molar-refractivity contribution in [3.05, 3.63) is 45.4 Å². The molecule has 0 radical (unpaired) electrons. The summed E-state index contributed by atoms with van der Waals surface area (Å²) in [6.45, 7) is 3.51. The maximum Gasteiger partial charge on any atom is 0.255 e. The average Bonchev–Trinajstić information content (AvgIpc) is 3.57. The van der Waals surface area contributed by atoms with Crippen molar-refractivity contribution in [3.8, 4) is 11.5 Å². The summed E-state index contributed by atoms with van der Waals surface area (Å²) in [5, 5.41) is 45.5. The molecule has 1 aromatic rings. The maximum atomic E-state index is 14.0. The number of hydrogen-bond acceptors (Lipinski definition) is 10. The molecule has 0 aliphatic heterocycles. The third-order valence-electron chi connectivity index (χ3n) is 10.9. The number of methoxy groups -OCH3 is 1. The number of nitrogens with two attached hydrogens (primary N) is 1. The van der Waals surface area contributed by atoms with Crippen molar-refractivity contribution in [3.63, 3.8) is 0 Å². The van der Waals surface area contributed by atoms with Crippen LogP contribution in [-0.2, 0) is 22.6 Å². The van der Waals surface area contributed by atoms with Crippen molar-refractivity contribution in [2.45, 2.75) is 69.7 Å². The van der Waals surface area contributed by atoms with Crippen LogP contribution in [0.2, 0.25) is 0 Å². The van der Waals surface area contributed by atoms with Gasteiger partial charge in [0.25, 0.3) is 5.91 Å². The molecular weight excluding hydrogens is 554 g/mol. The van der Waals surface area contributed by atoms with E-state index in [0.717, 1.165) is 18.0 Å². The van der Waals surface area contributed by atoms with E-state index in [4.69, 9.17) is 10.5 Å². The summed E-state index contributed by atoms with van der Waals surface area (Å²) in [6.07, 6.45) is 5.19. The SMILES string of the molecule is CCN(Cc1cc(O)c2c(c1OC)C[C@H]1C[C@H]3[C@H](N(C)C)C(O)=C(C(N)=O)C(=O)[C@@]3(O)C(O)=C1C2=O)[C@H]1CC2CCC1C2. The zero-order valence-corrected chi connectivity index (χ0v) is 25.1. The van der Waals surface area contributed by atoms with Gasteiger partial charge in [-0.15, -0.1) is 0 Å². The van der Waals surface area contributed by atoms with Crippen molar-refractivity contribution in [1.82, 2.24) is 9.80 Å². The van der Waals surface area contributed by atoms with E-state index in [-0.39, 0.29) is 29.7 Å². The van der Waals surface area contributed by atoms with Crippen LogP contribution in [0.3, 0.4) is 0 Å². The predicted octanol–water partition coefficient (Wildman–Crippen LogP) is 2.14. The summed E-state index contributed by atoms with van der Waals surface area (Å²) in [5.74, 6) is -4.71. The number of allylic oxidation sites excluding steroid dienone is 1. The molecule has 6 N–H and O–H groups in total. The second-order valence-corrected chi connectivity index (χ2v) is 13.2. The molecule has 6 rings (SSSR count). The van der Waals surface area contributed by atoms with E-state index in [1.54, 1.807) is 20.2 Å². The Labute approximate surface area is 250 Å². The number of benzene rings is 1. The maximum absolute atomic E-state index is 14.0. The average molecular weight is 596 g/mol. The number of rotatable bonds is 7. The van der Waals surface area contributed by atoms with Crippen molar-refractivity contribution < 1.29 is 39.5 Å². The number of aliphatic hydroxyl groups excluding tert-OH is 2. The van der Waals surface area contributed by atoms with E-state index in [0.29, 0.717) is 29.8 Å². The van der Waals surface area contributed by atoms with Gasteiger partial charge >= 0.3 is 0 Å². The topological polar surface area (TPSA) is 174 Å². The van der Waals surface area contributed by atoms with Crippen LogP contribution in [0.15, 0.2) is 28.7 Å². The lowest BCUT2D eigenvalue weighted by atomic mass is 9.58. The van der Waals surface area contributed by atoms with Crippen molar-refractivity contribution in [2.75, 3.05) is 27.7 Å². The summed E-state index contributed by atoms with van der Waals surface area (Å²) in [6, 6.07) is 0.976. The van der Waals surface area contributed by atoms with Gasteiger partial charge in [0.05, 0.1) is 18.7 Å². The monoisotopic (exact) mass is 595 g/mol. The van der Waals surface area contributed by atoms with Gasteiger partial charge in [0, 0.05) is 35.2 Å². The number of amides is 1. The summed E-state index contributed by atoms with van der Waals surface area (Å²) >= 11 is 0. The number of nitrogens with zero attached hydrogens (tertiary/aromatic N) is 2. The first-order valence-corrected chi connectivity index (χ1v) is 15.1. The highest BCUT2D eigenvalue weighted by atomic mass is 16.5. The number of ether oxygens (including phenoxy) is 1. The number of primary amides is 1. The predicted molar refractivity (Wildman–Crippen MR) is 156 cm³/mol. The van der Waals surface area contributed by atoms with E-state index < -0.39 is 58.0 Å². The molecule has 2 fully saturated rings. The molecule has 2 saturated carbocycles. The lowest BCUT2D eigenvalue weighted by Gasteiger charge is -2.50. The number of carbonyl (C=O) groups excluding carboxylic acids is 3. The molecule has 1 aromatic carbocycles. The molecule has 2 unspecified atom stereocenters. The molecule has 11 heteroatoms. The number of aliphatic hydroxyl groups is 3. The lowest BCUT2D eigenvalue weighted by molar-refractivity contribution is -0.148. The number of ketones is 2. The highest BCUT2D eigenvalue weighted by Crippen LogP contribution is 2.54. The highest BCUT2D eigenvalue weighted by Gasteiger charge is 2.63. The van der Waals surface area contributed by atoms with Gasteiger partial charge in [-0.05, 0) is 76.6 Å². The van der Waals surface area contributed by atoms with Crippen LogP contribution in [0, 0.1) is 23.7 Å². The van der Waals surface area contributed by atoms with Gasteiger partial charge < -0.3 is 30.9 Å². The number of aromatic hydroxyl groups is 1. The number of hydrogen-bond donors (Lipinski definition) is 5. The largest absolute Gasteiger partial charge is 0.510 e. The van der Waals surface area contributed by atoms with Crippen molar-refractivity contribution in [2.24, 2.45) is 29.4 Å². The summed E-state index contributed by atoms with van der Waals surface area (Å²) < 4.78 is 5.90. The zero-order chi connectivity index (χ0) is 31.1. The number of Topliss-reactive ketones (excluding diaryl/α,β-unsaturated/α-hetero) is 2. The Morgan fingerprint density at radius 2 is 1.86 bits per heavy atom. The normalized spacial score (nSPS) is 33.3. The minimum Gasteiger partial charge on any atom is -0.510 e. The third-order valence-corrected chi connectivity index (χ3v) is 10.9. The molecule has 0 saturated heterocycles. The van der Waals surface area contributed by atoms with Crippen LogP contribution in [0.1, 0.15) is 60.5 Å². The van der Waals surface area contributed by atoms with Gasteiger partial charge in [-0.2, -0.15) is 0 Å². The Bertz CT molecular complexity index is 1480. The number of fused-ring (bicyclic) bond motifs is 5. The zero-order valence-electron chi connectivity index (χ0n) is 25.1. The minimum absolute atomic E-state index is 0.0339. The van der Waals surface area contributed by atoms with E-state index in [1.165, 1.54) is 37.7 Å². The second-order valence-electron chi connectivity index (χ2n) is 13.2. The van der Waals surface area contributed by atoms with Crippen molar-refractivity contribution >= 4 is 17.5 Å². The van der Waals surface area contributed by atoms with Crippen LogP contribution in [0.5, 0.6) is 11.5 Å². The molecule has 0 spiro atoms. The third kappa shape index (κ3) is 4.15. The number of phenolic OH excluding ortho intramolecular Hbond substituents is 1. The van der Waals surface area contributed by atoms with E-state index >= 15 is 0 Å². The second kappa shape index (κ2) is 10.3. The van der Waals surface area contributed by atoms with Gasteiger partial charge in [-0.1, -0.05) is 13.3 Å². The number of phenols is 1. The van der Waals surface area contributed by atoms with Crippen LogP contribution < -0.4 is 10.5 Å². The fourth-order valence-corrected chi connectivity index (χ4v) is 9.08. The van der Waals surface area contributed by atoms with Gasteiger partial charge in [0.15, 0.2) is 11.4 Å². The van der Waals surface area contributed by atoms with E-state index in [9.17, 15) is 34.8 Å². The molecule has 1 amide bonds. The van der Waals surface area contributed by atoms with E-state index in [1.807, 2.05) is 0 Å². The van der Waals surface area contributed by atoms with Crippen LogP contribution in [-0.4, -0.2) is 93.1 Å². The van der Waals surface area contributed by atoms with Crippen LogP contribution in [0.25, 0.3) is 0 Å². The first kappa shape index (κ1) is 29.7. The number of carbonyl (C=O) groups is 3. The molecule has 5 aliphatic carbocycles. The standard InChI is InChI=1S/C32H41N3O8/c1-5-35(20-9-14-6-7-15(20)8-14)13-17-12-21(36)23-18(28(17)43-4)10-16-11-19-25(34(2)3)27(38)24(31(33)41)30(40)32(19,42)29(39)22(16)26(23)37/h12,14-16,19-20,25,36,38-39,42H,5-11,13H2,1-4H3,(H2,33,41)/t14?,15?,16-,19-,20-,25-,32-/m0/s1. The van der Waals surface area contributed by atoms with Gasteiger partial charge in [-0.25, -0.2) is 0 Å². The summed E-state index contributed by atoms with van der Waals surface area (Å²) in [5.41, 5.74) is 2.99. The Morgan fingerprint density at radius 1 is 1.14 bits per heavy atom. The molecule has 0 heterocycles. The Balaban J connectivity index is 1.43. The molecule has 11 nitrogen and oxygen atoms in total. The minimum atomic E-state index is -2.66. The quantitative estimate of drug-likeness (QED) is 0.294. The van der Waals surface area contributed by atoms with Crippen molar-refractivity contribution in [1.29, 1.82) is 0 Å². The van der Waals surface area contributed by atoms with E-state index in [2.05, 4.69) is 11.8 Å². The fourth-order valence-electron chi connectivity index (χ4n) is 9.08. The highest BCUT2D eigenvalue weighted by molar-refractivity contribution is 6.24. The first-order chi connectivity index (χ1) is 20.3. The summed E-state index contributed by atoms with van der Waals surface area (Å²) in [4.78, 5) is 43.6. The molecule has 7 atom stereocenters. The lowest BCUT2D eigenvalue weighted by Crippen LogP contribution is -2.63. The molecule has 0 aromatic heterocycles. The first-order valence-electron chi connectivity index (χ1n) is 15.1. The smallest absolute Gasteiger partial charge is 0.255 e. The number of likely N-dealkylation sites (N-methyl/N-ethyl adjacent to an activating group) is 1. The van der Waals surface area contributed by atoms with Gasteiger partial charge in [0.2, 0.25) is 5.78 Å². The Kier molecular flexibility index (Phi) is 7.14. The molecular formula is C32H41N3O8. The van der Waals surface area contributed by atoms with Gasteiger partial charge in [-0.3, -0.25) is 24.2 Å². The Hall–Kier alpha value is -3.41. The Morgan fingerprint density at radius 3 is 2.42 bits per heavy atom. The summed E-state index contributed by atoms with van der Waals surface area (Å²) in [7, 11) is 4.75. The molecule has 5 aliphatic rings. The molecule has 232 valence electrons. The van der Waals surface area contributed by atoms with Crippen LogP contribution >= 0.6 is 0 Å². The fraction of sp³-hybridized carbons (Fsp3) is 0.594. The molecule has 2 bridgehead atoms. The molecule has 43 heavy (non-hydrogen) atoms.